The van der Waals surface area contributed by atoms with Gasteiger partial charge in [0, 0.05) is 17.7 Å². The van der Waals surface area contributed by atoms with E-state index in [9.17, 15) is 24.9 Å². The van der Waals surface area contributed by atoms with Gasteiger partial charge in [-0.05, 0) is 44.3 Å². The zero-order valence-electron chi connectivity index (χ0n) is 22.2. The second kappa shape index (κ2) is 11.4. The molecule has 1 aromatic heterocycles. The molecule has 0 bridgehead atoms. The Bertz CT molecular complexity index is 973. The van der Waals surface area contributed by atoms with Gasteiger partial charge in [-0.25, -0.2) is 4.98 Å². The number of aryl methyl sites for hydroxylation is 1. The van der Waals surface area contributed by atoms with Crippen molar-refractivity contribution in [3.8, 4) is 0 Å². The van der Waals surface area contributed by atoms with Crippen molar-refractivity contribution in [2.45, 2.75) is 104 Å². The molecule has 0 amide bonds. The molecule has 9 heteroatoms. The maximum absolute atomic E-state index is 13.2. The fourth-order valence-corrected chi connectivity index (χ4v) is 5.58. The van der Waals surface area contributed by atoms with Crippen LogP contribution in [0.4, 0.5) is 0 Å². The van der Waals surface area contributed by atoms with Crippen LogP contribution in [0.15, 0.2) is 11.0 Å². The second-order valence-corrected chi connectivity index (χ2v) is 12.4. The Kier molecular flexibility index (Phi) is 9.15. The Balaban J connectivity index is 1.83. The van der Waals surface area contributed by atoms with Crippen LogP contribution in [-0.2, 0) is 19.1 Å². The molecule has 0 spiro atoms. The van der Waals surface area contributed by atoms with Crippen LogP contribution in [0.2, 0.25) is 0 Å². The summed E-state index contributed by atoms with van der Waals surface area (Å²) in [4.78, 5) is 30.2. The van der Waals surface area contributed by atoms with Crippen molar-refractivity contribution in [2.75, 3.05) is 6.61 Å². The summed E-state index contributed by atoms with van der Waals surface area (Å²) in [6.07, 6.45) is 0.858. The lowest BCUT2D eigenvalue weighted by Crippen LogP contribution is -2.45. The maximum atomic E-state index is 13.2. The molecule has 0 aliphatic carbocycles. The number of ketones is 1. The fraction of sp³-hybridized carbons (Fsp3) is 0.741. The first-order valence-corrected chi connectivity index (χ1v) is 13.7. The maximum Gasteiger partial charge on any atom is 0.308 e. The van der Waals surface area contributed by atoms with E-state index < -0.39 is 35.6 Å². The highest BCUT2D eigenvalue weighted by Gasteiger charge is 2.52. The van der Waals surface area contributed by atoms with Crippen molar-refractivity contribution >= 4 is 29.2 Å². The lowest BCUT2D eigenvalue weighted by Gasteiger charge is -2.34. The number of ether oxygens (including phenoxy) is 2. The second-order valence-electron chi connectivity index (χ2n) is 11.3. The van der Waals surface area contributed by atoms with E-state index in [4.69, 9.17) is 9.47 Å². The number of carbonyl (C=O) groups is 2. The Morgan fingerprint density at radius 2 is 1.86 bits per heavy atom. The molecule has 7 atom stereocenters. The van der Waals surface area contributed by atoms with Gasteiger partial charge < -0.3 is 24.8 Å². The number of aliphatic hydroxyl groups is 3. The normalized spacial score (nSPS) is 38.1. The number of hydrogen-bond acceptors (Lipinski definition) is 9. The van der Waals surface area contributed by atoms with E-state index in [1.165, 1.54) is 11.3 Å². The summed E-state index contributed by atoms with van der Waals surface area (Å²) in [6.45, 7) is 10.5. The van der Waals surface area contributed by atoms with E-state index in [0.29, 0.717) is 17.7 Å². The number of fused-ring (bicyclic) bond motifs is 1. The number of carbonyl (C=O) groups excluding carboxylic acids is 2. The summed E-state index contributed by atoms with van der Waals surface area (Å²) in [5.74, 6) is -1.78. The molecule has 0 saturated carbocycles. The van der Waals surface area contributed by atoms with E-state index in [0.717, 1.165) is 24.3 Å². The Hall–Kier alpha value is -1.65. The first-order valence-electron chi connectivity index (χ1n) is 12.8. The highest BCUT2D eigenvalue weighted by Crippen LogP contribution is 2.44. The number of rotatable bonds is 1. The molecule has 8 nitrogen and oxygen atoms in total. The van der Waals surface area contributed by atoms with E-state index >= 15 is 0 Å². The predicted molar refractivity (Wildman–Crippen MR) is 137 cm³/mol. The lowest BCUT2D eigenvalue weighted by molar-refractivity contribution is -0.151. The van der Waals surface area contributed by atoms with Crippen LogP contribution in [0.5, 0.6) is 0 Å². The van der Waals surface area contributed by atoms with E-state index in [1.807, 2.05) is 26.2 Å². The van der Waals surface area contributed by atoms with Gasteiger partial charge in [0.15, 0.2) is 0 Å². The highest BCUT2D eigenvalue weighted by atomic mass is 32.1. The van der Waals surface area contributed by atoms with Crippen molar-refractivity contribution < 1.29 is 34.4 Å². The van der Waals surface area contributed by atoms with Crippen molar-refractivity contribution in [1.82, 2.24) is 4.98 Å². The molecule has 36 heavy (non-hydrogen) atoms. The summed E-state index contributed by atoms with van der Waals surface area (Å²) < 4.78 is 11.4. The van der Waals surface area contributed by atoms with Crippen LogP contribution in [0, 0.1) is 24.2 Å². The van der Waals surface area contributed by atoms with Gasteiger partial charge in [0.25, 0.3) is 0 Å². The van der Waals surface area contributed by atoms with Crippen molar-refractivity contribution in [3.63, 3.8) is 0 Å². The van der Waals surface area contributed by atoms with Gasteiger partial charge >= 0.3 is 5.97 Å². The molecular formula is C27H41NO7S. The number of aromatic nitrogens is 1. The van der Waals surface area contributed by atoms with Gasteiger partial charge in [0.1, 0.15) is 12.4 Å². The summed E-state index contributed by atoms with van der Waals surface area (Å²) in [5, 5.41) is 35.4. The molecule has 1 aromatic rings. The molecule has 3 N–H and O–H groups in total. The smallest absolute Gasteiger partial charge is 0.308 e. The first kappa shape index (κ1) is 28.9. The molecule has 2 aliphatic heterocycles. The van der Waals surface area contributed by atoms with E-state index in [1.54, 1.807) is 26.8 Å². The number of hydrogen-bond donors (Lipinski definition) is 3. The van der Waals surface area contributed by atoms with Crippen LogP contribution in [0.3, 0.4) is 0 Å². The first-order chi connectivity index (χ1) is 16.7. The summed E-state index contributed by atoms with van der Waals surface area (Å²) in [7, 11) is 0. The van der Waals surface area contributed by atoms with Crippen LogP contribution in [0.1, 0.15) is 77.4 Å². The van der Waals surface area contributed by atoms with Crippen LogP contribution in [-0.4, -0.2) is 68.7 Å². The minimum Gasteiger partial charge on any atom is -0.461 e. The monoisotopic (exact) mass is 523 g/mol. The molecule has 3 rings (SSSR count). The third-order valence-corrected chi connectivity index (χ3v) is 8.73. The molecule has 0 aromatic carbocycles. The number of epoxide rings is 1. The predicted octanol–water partition coefficient (Wildman–Crippen LogP) is 3.45. The standard InChI is InChI=1S/C27H41NO7S/c1-15-8-7-9-27(6)22(35-27)11-20(29)18(10-19-14-36-17(3)28-19)13-34-23(31)12-21(30)26(4,5)25(33)16(2)24(15)32/h10,14-16,20-22,24,29-30,32H,7-9,11-13H2,1-6H3/b18-10-/t15-,16+,20-,21-,22-,24-,27+/m0/s1. The minimum atomic E-state index is -1.28. The topological polar surface area (TPSA) is 129 Å². The van der Waals surface area contributed by atoms with Gasteiger partial charge in [-0.2, -0.15) is 0 Å². The van der Waals surface area contributed by atoms with E-state index in [-0.39, 0.29) is 36.4 Å². The van der Waals surface area contributed by atoms with Gasteiger partial charge in [-0.15, -0.1) is 11.3 Å². The van der Waals surface area contributed by atoms with Gasteiger partial charge in [-0.1, -0.05) is 34.1 Å². The van der Waals surface area contributed by atoms with Gasteiger partial charge in [0.05, 0.1) is 52.6 Å². The zero-order chi connectivity index (χ0) is 26.8. The largest absolute Gasteiger partial charge is 0.461 e. The summed E-state index contributed by atoms with van der Waals surface area (Å²) >= 11 is 1.49. The molecule has 202 valence electrons. The Morgan fingerprint density at radius 3 is 2.50 bits per heavy atom. The molecule has 2 saturated heterocycles. The van der Waals surface area contributed by atoms with Crippen molar-refractivity contribution in [3.05, 3.63) is 21.7 Å². The van der Waals surface area contributed by atoms with Gasteiger partial charge in [-0.3, -0.25) is 9.59 Å². The molecule has 0 radical (unpaired) electrons. The molecule has 0 unspecified atom stereocenters. The van der Waals surface area contributed by atoms with E-state index in [2.05, 4.69) is 4.98 Å². The number of thiazole rings is 1. The lowest BCUT2D eigenvalue weighted by atomic mass is 9.73. The van der Waals surface area contributed by atoms with Gasteiger partial charge in [0.2, 0.25) is 0 Å². The van der Waals surface area contributed by atoms with Crippen LogP contribution >= 0.6 is 11.3 Å². The molecular weight excluding hydrogens is 482 g/mol. The van der Waals surface area contributed by atoms with Crippen LogP contribution < -0.4 is 0 Å². The van der Waals surface area contributed by atoms with Crippen molar-refractivity contribution in [2.24, 2.45) is 17.3 Å². The average molecular weight is 524 g/mol. The Morgan fingerprint density at radius 1 is 1.17 bits per heavy atom. The zero-order valence-corrected chi connectivity index (χ0v) is 23.0. The number of aliphatic hydroxyl groups excluding tert-OH is 3. The number of Topliss-reactive ketones (excluding diaryl/α,β-unsaturated/α-hetero) is 1. The SMILES string of the molecule is Cc1nc(/C=C2/COC(=O)C[C@H](O)C(C)(C)C(=O)[C@H](C)[C@@H](O)[C@@H](C)CCC[C@@]3(C)O[C@H]3C[C@@H]2O)cs1. The molecule has 3 heterocycles. The minimum absolute atomic E-state index is 0.122. The van der Waals surface area contributed by atoms with Crippen molar-refractivity contribution in [1.29, 1.82) is 0 Å². The van der Waals surface area contributed by atoms with Crippen LogP contribution in [0.25, 0.3) is 6.08 Å². The molecule has 2 aliphatic rings. The third kappa shape index (κ3) is 6.81. The molecule has 2 fully saturated rings. The summed E-state index contributed by atoms with van der Waals surface area (Å²) in [6, 6.07) is 0. The summed E-state index contributed by atoms with van der Waals surface area (Å²) in [5.41, 5.74) is -0.423. The fourth-order valence-electron chi connectivity index (χ4n) is 5.01. The number of cyclic esters (lactones) is 1. The average Bonchev–Trinajstić information content (AvgIpc) is 3.24. The number of nitrogens with zero attached hydrogens (tertiary/aromatic N) is 1. The quantitative estimate of drug-likeness (QED) is 0.377. The Labute approximate surface area is 217 Å². The highest BCUT2D eigenvalue weighted by molar-refractivity contribution is 7.09. The number of esters is 1. The third-order valence-electron chi connectivity index (χ3n) is 7.94.